The van der Waals surface area contributed by atoms with Gasteiger partial charge in [0.1, 0.15) is 23.1 Å². The number of para-hydroxylation sites is 1. The van der Waals surface area contributed by atoms with Crippen LogP contribution < -0.4 is 20.3 Å². The van der Waals surface area contributed by atoms with E-state index < -0.39 is 0 Å². The Kier molecular flexibility index (Phi) is 7.29. The van der Waals surface area contributed by atoms with Crippen LogP contribution in [0.4, 0.5) is 4.39 Å². The lowest BCUT2D eigenvalue weighted by Gasteiger charge is -2.10. The van der Waals surface area contributed by atoms with Crippen LogP contribution >= 0.6 is 0 Å². The monoisotopic (exact) mass is 459 g/mol. The van der Waals surface area contributed by atoms with Crippen LogP contribution in [-0.4, -0.2) is 28.8 Å². The van der Waals surface area contributed by atoms with Gasteiger partial charge in [-0.25, -0.2) is 9.07 Å². The molecule has 3 aromatic carbocycles. The van der Waals surface area contributed by atoms with Gasteiger partial charge in [0.15, 0.2) is 6.61 Å². The number of carbonyl (C=O) groups is 1. The lowest BCUT2D eigenvalue weighted by Crippen LogP contribution is -2.34. The van der Waals surface area contributed by atoms with Crippen molar-refractivity contribution in [3.8, 4) is 28.5 Å². The highest BCUT2D eigenvalue weighted by Gasteiger charge is 2.07. The summed E-state index contributed by atoms with van der Waals surface area (Å²) in [6.07, 6.45) is 0. The van der Waals surface area contributed by atoms with E-state index in [9.17, 15) is 14.0 Å². The average molecular weight is 459 g/mol. The van der Waals surface area contributed by atoms with E-state index >= 15 is 0 Å². The number of amides is 1. The molecule has 1 amide bonds. The van der Waals surface area contributed by atoms with Crippen molar-refractivity contribution in [1.29, 1.82) is 0 Å². The van der Waals surface area contributed by atoms with E-state index in [0.717, 1.165) is 5.75 Å². The molecule has 0 atom stereocenters. The maximum absolute atomic E-state index is 13.1. The topological polar surface area (TPSA) is 82.4 Å². The molecule has 0 fully saturated rings. The molecule has 34 heavy (non-hydrogen) atoms. The molecule has 0 unspecified atom stereocenters. The summed E-state index contributed by atoms with van der Waals surface area (Å²) < 4.78 is 25.6. The molecular weight excluding hydrogens is 437 g/mol. The maximum atomic E-state index is 13.1. The van der Waals surface area contributed by atoms with Crippen molar-refractivity contribution in [1.82, 2.24) is 15.1 Å². The predicted molar refractivity (Wildman–Crippen MR) is 125 cm³/mol. The number of aromatic nitrogens is 2. The van der Waals surface area contributed by atoms with Gasteiger partial charge in [0, 0.05) is 18.2 Å². The molecule has 0 aliphatic rings. The van der Waals surface area contributed by atoms with Gasteiger partial charge in [0.05, 0.1) is 12.2 Å². The van der Waals surface area contributed by atoms with Crippen molar-refractivity contribution in [3.05, 3.63) is 107 Å². The SMILES string of the molecule is O=C(COc1ccc(Oc2ccccc2)cc1)NCCn1nc(-c2ccc(F)cc2)ccc1=O. The van der Waals surface area contributed by atoms with E-state index in [2.05, 4.69) is 10.4 Å². The summed E-state index contributed by atoms with van der Waals surface area (Å²) in [6.45, 7) is 0.216. The minimum absolute atomic E-state index is 0.170. The van der Waals surface area contributed by atoms with Crippen molar-refractivity contribution in [2.45, 2.75) is 6.54 Å². The minimum Gasteiger partial charge on any atom is -0.484 e. The van der Waals surface area contributed by atoms with Gasteiger partial charge in [0.2, 0.25) is 0 Å². The van der Waals surface area contributed by atoms with Crippen LogP contribution in [-0.2, 0) is 11.3 Å². The maximum Gasteiger partial charge on any atom is 0.266 e. The van der Waals surface area contributed by atoms with Crippen molar-refractivity contribution in [3.63, 3.8) is 0 Å². The largest absolute Gasteiger partial charge is 0.484 e. The minimum atomic E-state index is -0.349. The van der Waals surface area contributed by atoms with Crippen LogP contribution in [0.15, 0.2) is 95.8 Å². The molecule has 0 saturated heterocycles. The Labute approximate surface area is 195 Å². The molecule has 1 aromatic heterocycles. The summed E-state index contributed by atoms with van der Waals surface area (Å²) in [5, 5.41) is 6.99. The van der Waals surface area contributed by atoms with Gasteiger partial charge >= 0.3 is 0 Å². The molecule has 0 saturated carbocycles. The van der Waals surface area contributed by atoms with E-state index in [1.165, 1.54) is 22.9 Å². The Morgan fingerprint density at radius 2 is 1.53 bits per heavy atom. The highest BCUT2D eigenvalue weighted by atomic mass is 19.1. The zero-order valence-corrected chi connectivity index (χ0v) is 18.2. The molecule has 4 rings (SSSR count). The molecule has 1 heterocycles. The van der Waals surface area contributed by atoms with Gasteiger partial charge in [-0.05, 0) is 66.7 Å². The van der Waals surface area contributed by atoms with E-state index in [4.69, 9.17) is 9.47 Å². The summed E-state index contributed by atoms with van der Waals surface area (Å²) in [7, 11) is 0. The summed E-state index contributed by atoms with van der Waals surface area (Å²) in [5.74, 6) is 1.24. The van der Waals surface area contributed by atoms with Crippen LogP contribution in [0.5, 0.6) is 17.2 Å². The lowest BCUT2D eigenvalue weighted by atomic mass is 10.1. The number of hydrogen-bond acceptors (Lipinski definition) is 5. The predicted octanol–water partition coefficient (Wildman–Crippen LogP) is 4.04. The molecule has 172 valence electrons. The number of nitrogens with one attached hydrogen (secondary N) is 1. The van der Waals surface area contributed by atoms with Gasteiger partial charge < -0.3 is 14.8 Å². The number of nitrogens with zero attached hydrogens (tertiary/aromatic N) is 2. The molecular formula is C26H22FN3O4. The first-order valence-electron chi connectivity index (χ1n) is 10.6. The Hall–Kier alpha value is -4.46. The second-order valence-electron chi connectivity index (χ2n) is 7.31. The van der Waals surface area contributed by atoms with Crippen LogP contribution in [0, 0.1) is 5.82 Å². The molecule has 4 aromatic rings. The van der Waals surface area contributed by atoms with Crippen LogP contribution in [0.25, 0.3) is 11.3 Å². The third kappa shape index (κ3) is 6.29. The zero-order chi connectivity index (χ0) is 23.8. The van der Waals surface area contributed by atoms with Crippen LogP contribution in [0.1, 0.15) is 0 Å². The molecule has 0 bridgehead atoms. The van der Waals surface area contributed by atoms with Crippen molar-refractivity contribution in [2.75, 3.05) is 13.2 Å². The number of rotatable bonds is 9. The molecule has 0 spiro atoms. The van der Waals surface area contributed by atoms with E-state index in [0.29, 0.717) is 22.8 Å². The first-order chi connectivity index (χ1) is 16.6. The fraction of sp³-hybridized carbons (Fsp3) is 0.115. The highest BCUT2D eigenvalue weighted by molar-refractivity contribution is 5.77. The second kappa shape index (κ2) is 10.9. The number of hydrogen-bond donors (Lipinski definition) is 1. The van der Waals surface area contributed by atoms with Crippen LogP contribution in [0.3, 0.4) is 0 Å². The third-order valence-corrected chi connectivity index (χ3v) is 4.82. The normalized spacial score (nSPS) is 10.5. The van der Waals surface area contributed by atoms with Gasteiger partial charge in [-0.2, -0.15) is 5.10 Å². The molecule has 0 aliphatic carbocycles. The van der Waals surface area contributed by atoms with Gasteiger partial charge in [0.25, 0.3) is 11.5 Å². The molecule has 0 radical (unpaired) electrons. The van der Waals surface area contributed by atoms with Gasteiger partial charge in [-0.1, -0.05) is 18.2 Å². The number of benzene rings is 3. The van der Waals surface area contributed by atoms with Crippen molar-refractivity contribution in [2.24, 2.45) is 0 Å². The zero-order valence-electron chi connectivity index (χ0n) is 18.2. The van der Waals surface area contributed by atoms with Crippen LogP contribution in [0.2, 0.25) is 0 Å². The van der Waals surface area contributed by atoms with E-state index in [1.807, 2.05) is 30.3 Å². The second-order valence-corrected chi connectivity index (χ2v) is 7.31. The molecule has 0 aliphatic heterocycles. The smallest absolute Gasteiger partial charge is 0.266 e. The summed E-state index contributed by atoms with van der Waals surface area (Å²) in [6, 6.07) is 25.2. The summed E-state index contributed by atoms with van der Waals surface area (Å²) in [5.41, 5.74) is 0.927. The first-order valence-corrected chi connectivity index (χ1v) is 10.6. The fourth-order valence-electron chi connectivity index (χ4n) is 3.11. The highest BCUT2D eigenvalue weighted by Crippen LogP contribution is 2.23. The Morgan fingerprint density at radius 1 is 0.853 bits per heavy atom. The lowest BCUT2D eigenvalue weighted by molar-refractivity contribution is -0.123. The number of carbonyl (C=O) groups excluding carboxylic acids is 1. The standard InChI is InChI=1S/C26H22FN3O4/c27-20-8-6-19(7-9-20)24-14-15-26(32)30(29-24)17-16-28-25(31)18-33-21-10-12-23(13-11-21)34-22-4-2-1-3-5-22/h1-15H,16-18H2,(H,28,31). The van der Waals surface area contributed by atoms with E-state index in [1.54, 1.807) is 42.5 Å². The third-order valence-electron chi connectivity index (χ3n) is 4.82. The molecule has 8 heteroatoms. The quantitative estimate of drug-likeness (QED) is 0.409. The first kappa shape index (κ1) is 22.7. The average Bonchev–Trinajstić information content (AvgIpc) is 2.86. The van der Waals surface area contributed by atoms with Crippen molar-refractivity contribution < 1.29 is 18.7 Å². The van der Waals surface area contributed by atoms with Gasteiger partial charge in [-0.15, -0.1) is 0 Å². The Balaban J connectivity index is 1.24. The molecule has 7 nitrogen and oxygen atoms in total. The van der Waals surface area contributed by atoms with Crippen molar-refractivity contribution >= 4 is 5.91 Å². The summed E-state index contributed by atoms with van der Waals surface area (Å²) in [4.78, 5) is 24.2. The fourth-order valence-corrected chi connectivity index (χ4v) is 3.11. The molecule has 1 N–H and O–H groups in total. The van der Waals surface area contributed by atoms with E-state index in [-0.39, 0.29) is 37.0 Å². The Morgan fingerprint density at radius 3 is 2.26 bits per heavy atom. The number of ether oxygens (including phenoxy) is 2. The van der Waals surface area contributed by atoms with Gasteiger partial charge in [-0.3, -0.25) is 9.59 Å². The number of halogens is 1. The Bertz CT molecular complexity index is 1290. The summed E-state index contributed by atoms with van der Waals surface area (Å²) >= 11 is 0.